The maximum absolute atomic E-state index is 5.21. The molecule has 2 fully saturated rings. The molecule has 0 aromatic carbocycles. The van der Waals surface area contributed by atoms with Crippen molar-refractivity contribution in [1.29, 1.82) is 0 Å². The Kier molecular flexibility index (Phi) is 2.65. The van der Waals surface area contributed by atoms with E-state index in [2.05, 4.69) is 35.1 Å². The Labute approximate surface area is 96.4 Å². The topological polar surface area (TPSA) is 25.4 Å². The summed E-state index contributed by atoms with van der Waals surface area (Å²) < 4.78 is 5.21. The van der Waals surface area contributed by atoms with E-state index in [0.29, 0.717) is 12.0 Å². The molecule has 3 nitrogen and oxygen atoms in total. The number of aromatic nitrogens is 1. The first kappa shape index (κ1) is 10.2. The van der Waals surface area contributed by atoms with Crippen LogP contribution in [0.2, 0.25) is 0 Å². The smallest absolute Gasteiger partial charge is 0.0645 e. The van der Waals surface area contributed by atoms with E-state index in [1.165, 1.54) is 24.3 Å². The second-order valence-corrected chi connectivity index (χ2v) is 4.78. The first-order valence-corrected chi connectivity index (χ1v) is 6.13. The second-order valence-electron chi connectivity index (χ2n) is 4.78. The minimum atomic E-state index is 0.694. The van der Waals surface area contributed by atoms with Crippen LogP contribution in [0.5, 0.6) is 0 Å². The molecular weight excluding hydrogens is 200 g/mol. The summed E-state index contributed by atoms with van der Waals surface area (Å²) in [4.78, 5) is 6.98. The summed E-state index contributed by atoms with van der Waals surface area (Å²) in [6, 6.07) is 5.09. The van der Waals surface area contributed by atoms with Gasteiger partial charge in [0, 0.05) is 30.9 Å². The fraction of sp³-hybridized carbons (Fsp3) is 0.615. The summed E-state index contributed by atoms with van der Waals surface area (Å²) in [7, 11) is 0. The number of rotatable bonds is 3. The molecule has 0 aliphatic carbocycles. The zero-order valence-corrected chi connectivity index (χ0v) is 9.72. The van der Waals surface area contributed by atoms with Gasteiger partial charge in [0.1, 0.15) is 0 Å². The number of hydrogen-bond donors (Lipinski definition) is 0. The fourth-order valence-electron chi connectivity index (χ4n) is 2.34. The SMILES string of the molecule is CCc1ccc(C2CN(C3COC3)C2)cn1. The second kappa shape index (κ2) is 4.15. The maximum Gasteiger partial charge on any atom is 0.0645 e. The van der Waals surface area contributed by atoms with Gasteiger partial charge < -0.3 is 4.74 Å². The Morgan fingerprint density at radius 3 is 2.69 bits per heavy atom. The summed E-state index contributed by atoms with van der Waals surface area (Å²) in [6.45, 7) is 6.37. The van der Waals surface area contributed by atoms with Crippen molar-refractivity contribution in [2.75, 3.05) is 26.3 Å². The quantitative estimate of drug-likeness (QED) is 0.767. The third kappa shape index (κ3) is 1.74. The van der Waals surface area contributed by atoms with Crippen molar-refractivity contribution in [2.24, 2.45) is 0 Å². The molecule has 0 bridgehead atoms. The molecular formula is C13H18N2O. The summed E-state index contributed by atoms with van der Waals surface area (Å²) in [5.74, 6) is 0.694. The first-order chi connectivity index (χ1) is 7.86. The van der Waals surface area contributed by atoms with E-state index in [1.807, 2.05) is 0 Å². The Hall–Kier alpha value is -0.930. The normalized spacial score (nSPS) is 22.8. The molecule has 3 rings (SSSR count). The van der Waals surface area contributed by atoms with Gasteiger partial charge in [0.05, 0.1) is 19.3 Å². The van der Waals surface area contributed by atoms with Gasteiger partial charge in [0.2, 0.25) is 0 Å². The molecule has 0 unspecified atom stereocenters. The highest BCUT2D eigenvalue weighted by molar-refractivity contribution is 5.22. The molecule has 0 N–H and O–H groups in total. The molecule has 0 radical (unpaired) electrons. The molecule has 2 aliphatic heterocycles. The Morgan fingerprint density at radius 2 is 2.19 bits per heavy atom. The van der Waals surface area contributed by atoms with Crippen LogP contribution in [-0.2, 0) is 11.2 Å². The number of pyridine rings is 1. The van der Waals surface area contributed by atoms with E-state index >= 15 is 0 Å². The van der Waals surface area contributed by atoms with Gasteiger partial charge in [-0.05, 0) is 18.1 Å². The molecule has 1 aromatic rings. The predicted octanol–water partition coefficient (Wildman–Crippen LogP) is 1.44. The zero-order valence-electron chi connectivity index (χ0n) is 9.72. The van der Waals surface area contributed by atoms with Crippen LogP contribution in [0.25, 0.3) is 0 Å². The van der Waals surface area contributed by atoms with Crippen LogP contribution < -0.4 is 0 Å². The average molecular weight is 218 g/mol. The van der Waals surface area contributed by atoms with E-state index in [1.54, 1.807) is 0 Å². The standard InChI is InChI=1S/C13H18N2O/c1-2-12-4-3-10(5-14-12)11-6-15(7-11)13-8-16-9-13/h3-5,11,13H,2,6-9H2,1H3. The van der Waals surface area contributed by atoms with E-state index in [-0.39, 0.29) is 0 Å². The molecule has 0 atom stereocenters. The minimum absolute atomic E-state index is 0.694. The van der Waals surface area contributed by atoms with Gasteiger partial charge in [-0.3, -0.25) is 9.88 Å². The summed E-state index contributed by atoms with van der Waals surface area (Å²) in [5, 5.41) is 0. The predicted molar refractivity (Wildman–Crippen MR) is 62.5 cm³/mol. The third-order valence-electron chi connectivity index (χ3n) is 3.73. The molecule has 86 valence electrons. The zero-order chi connectivity index (χ0) is 11.0. The van der Waals surface area contributed by atoms with Gasteiger partial charge in [-0.25, -0.2) is 0 Å². The lowest BCUT2D eigenvalue weighted by Gasteiger charge is -2.47. The molecule has 2 saturated heterocycles. The molecule has 3 heteroatoms. The van der Waals surface area contributed by atoms with Crippen molar-refractivity contribution in [2.45, 2.75) is 25.3 Å². The number of nitrogens with zero attached hydrogens (tertiary/aromatic N) is 2. The highest BCUT2D eigenvalue weighted by atomic mass is 16.5. The van der Waals surface area contributed by atoms with Crippen molar-refractivity contribution >= 4 is 0 Å². The minimum Gasteiger partial charge on any atom is -0.378 e. The van der Waals surface area contributed by atoms with Crippen molar-refractivity contribution in [3.63, 3.8) is 0 Å². The molecule has 2 aliphatic rings. The van der Waals surface area contributed by atoms with Crippen LogP contribution in [-0.4, -0.2) is 42.2 Å². The number of likely N-dealkylation sites (tertiary alicyclic amines) is 1. The number of aryl methyl sites for hydroxylation is 1. The number of hydrogen-bond acceptors (Lipinski definition) is 3. The molecule has 0 amide bonds. The van der Waals surface area contributed by atoms with E-state index in [0.717, 1.165) is 19.6 Å². The number of ether oxygens (including phenoxy) is 1. The van der Waals surface area contributed by atoms with Gasteiger partial charge >= 0.3 is 0 Å². The Morgan fingerprint density at radius 1 is 1.38 bits per heavy atom. The lowest BCUT2D eigenvalue weighted by atomic mass is 9.90. The molecule has 1 aromatic heterocycles. The van der Waals surface area contributed by atoms with Gasteiger partial charge in [0.25, 0.3) is 0 Å². The molecule has 0 spiro atoms. The monoisotopic (exact) mass is 218 g/mol. The van der Waals surface area contributed by atoms with Crippen molar-refractivity contribution in [1.82, 2.24) is 9.88 Å². The van der Waals surface area contributed by atoms with Crippen molar-refractivity contribution in [3.05, 3.63) is 29.6 Å². The molecule has 16 heavy (non-hydrogen) atoms. The largest absolute Gasteiger partial charge is 0.378 e. The highest BCUT2D eigenvalue weighted by Gasteiger charge is 2.36. The maximum atomic E-state index is 5.21. The molecule has 0 saturated carbocycles. The van der Waals surface area contributed by atoms with Crippen LogP contribution in [0, 0.1) is 0 Å². The van der Waals surface area contributed by atoms with E-state index in [9.17, 15) is 0 Å². The average Bonchev–Trinajstić information content (AvgIpc) is 2.20. The summed E-state index contributed by atoms with van der Waals surface area (Å²) >= 11 is 0. The van der Waals surface area contributed by atoms with Crippen LogP contribution in [0.3, 0.4) is 0 Å². The van der Waals surface area contributed by atoms with Crippen molar-refractivity contribution in [3.8, 4) is 0 Å². The Bertz CT molecular complexity index is 353. The van der Waals surface area contributed by atoms with Crippen LogP contribution in [0.15, 0.2) is 18.3 Å². The van der Waals surface area contributed by atoms with Crippen molar-refractivity contribution < 1.29 is 4.74 Å². The summed E-state index contributed by atoms with van der Waals surface area (Å²) in [5.41, 5.74) is 2.58. The van der Waals surface area contributed by atoms with Crippen LogP contribution >= 0.6 is 0 Å². The summed E-state index contributed by atoms with van der Waals surface area (Å²) in [6.07, 6.45) is 3.08. The van der Waals surface area contributed by atoms with Gasteiger partial charge in [-0.1, -0.05) is 13.0 Å². The van der Waals surface area contributed by atoms with Crippen LogP contribution in [0.1, 0.15) is 24.1 Å². The van der Waals surface area contributed by atoms with Gasteiger partial charge in [-0.15, -0.1) is 0 Å². The van der Waals surface area contributed by atoms with E-state index in [4.69, 9.17) is 4.74 Å². The first-order valence-electron chi connectivity index (χ1n) is 6.13. The highest BCUT2D eigenvalue weighted by Crippen LogP contribution is 2.30. The third-order valence-corrected chi connectivity index (χ3v) is 3.73. The van der Waals surface area contributed by atoms with E-state index < -0.39 is 0 Å². The van der Waals surface area contributed by atoms with Crippen LogP contribution in [0.4, 0.5) is 0 Å². The molecule has 3 heterocycles. The van der Waals surface area contributed by atoms with Gasteiger partial charge in [-0.2, -0.15) is 0 Å². The van der Waals surface area contributed by atoms with Gasteiger partial charge in [0.15, 0.2) is 0 Å². The lowest BCUT2D eigenvalue weighted by molar-refractivity contribution is -0.0906. The lowest BCUT2D eigenvalue weighted by Crippen LogP contribution is -2.58. The Balaban J connectivity index is 1.58. The fourth-order valence-corrected chi connectivity index (χ4v) is 2.34.